The molecule has 2 atom stereocenters. The molecule has 0 saturated carbocycles. The fourth-order valence-electron chi connectivity index (χ4n) is 2.52. The first-order valence-electron chi connectivity index (χ1n) is 7.85. The van der Waals surface area contributed by atoms with E-state index in [2.05, 4.69) is 0 Å². The van der Waals surface area contributed by atoms with E-state index in [0.717, 1.165) is 0 Å². The normalized spacial score (nSPS) is 18.9. The van der Waals surface area contributed by atoms with E-state index in [0.29, 0.717) is 0 Å². The molecule has 0 bridgehead atoms. The number of halogens is 16. The minimum Gasteiger partial charge on any atom is -0.388 e. The zero-order valence-corrected chi connectivity index (χ0v) is 17.7. The van der Waals surface area contributed by atoms with Crippen molar-refractivity contribution in [1.82, 2.24) is 0 Å². The zero-order valence-electron chi connectivity index (χ0n) is 15.8. The first-order valence-corrected chi connectivity index (χ1v) is 11.2. The monoisotopic (exact) mass is 602 g/mol. The average molecular weight is 602 g/mol. The van der Waals surface area contributed by atoms with Gasteiger partial charge in [0.1, 0.15) is 5.25 Å². The zero-order chi connectivity index (χ0) is 29.3. The van der Waals surface area contributed by atoms with Crippen LogP contribution >= 0.6 is 0 Å². The molecule has 0 heterocycles. The molecule has 0 aromatic rings. The fraction of sp³-hybridized carbons (Fsp3) is 1.00. The van der Waals surface area contributed by atoms with Gasteiger partial charge in [-0.25, -0.2) is 4.39 Å². The molecule has 0 fully saturated rings. The Kier molecular flexibility index (Phi) is 8.19. The summed E-state index contributed by atoms with van der Waals surface area (Å²) in [6.07, 6.45) is -10.0. The lowest BCUT2D eigenvalue weighted by Gasteiger charge is -2.46. The maximum atomic E-state index is 14.8. The second-order valence-electron chi connectivity index (χ2n) is 6.70. The Bertz CT molecular complexity index is 897. The lowest BCUT2D eigenvalue weighted by atomic mass is 9.88. The first-order chi connectivity index (χ1) is 14.7. The minimum atomic E-state index is -8.91. The Labute approximate surface area is 183 Å². The van der Waals surface area contributed by atoms with Gasteiger partial charge < -0.3 is 14.4 Å². The van der Waals surface area contributed by atoms with Gasteiger partial charge in [-0.2, -0.15) is 74.3 Å². The van der Waals surface area contributed by atoms with Crippen molar-refractivity contribution in [3.8, 4) is 0 Å². The molecule has 0 spiro atoms. The molecule has 0 radical (unpaired) electrons. The van der Waals surface area contributed by atoms with Crippen LogP contribution < -0.4 is 0 Å². The summed E-state index contributed by atoms with van der Waals surface area (Å²) in [5.74, 6) is -51.8. The minimum absolute atomic E-state index is 0.0753. The highest BCUT2D eigenvalue weighted by atomic mass is 32.2. The van der Waals surface area contributed by atoms with Crippen LogP contribution in [0.2, 0.25) is 0 Å². The lowest BCUT2D eigenvalue weighted by molar-refractivity contribution is -0.456. The maximum Gasteiger partial charge on any atom is 0.540 e. The molecule has 0 aliphatic rings. The molecule has 6 nitrogen and oxygen atoms in total. The van der Waals surface area contributed by atoms with Crippen LogP contribution in [0.4, 0.5) is 70.2 Å². The molecule has 0 amide bonds. The van der Waals surface area contributed by atoms with E-state index < -0.39 is 77.6 Å². The second kappa shape index (κ2) is 8.46. The summed E-state index contributed by atoms with van der Waals surface area (Å²) in [6.45, 7) is 0.0753. The lowest BCUT2D eigenvalue weighted by Crippen LogP contribution is -2.81. The van der Waals surface area contributed by atoms with Crippen molar-refractivity contribution in [3.63, 3.8) is 0 Å². The molecule has 24 heteroatoms. The summed E-state index contributed by atoms with van der Waals surface area (Å²) >= 11 is 0. The van der Waals surface area contributed by atoms with Crippen LogP contribution in [0.25, 0.3) is 0 Å². The van der Waals surface area contributed by atoms with Crippen molar-refractivity contribution in [2.75, 3.05) is 0 Å². The van der Waals surface area contributed by atoms with Gasteiger partial charge in [-0.1, -0.05) is 6.92 Å². The van der Waals surface area contributed by atoms with Gasteiger partial charge in [0.05, 0.1) is 0 Å². The highest BCUT2D eigenvalue weighted by molar-refractivity contribution is 7.86. The van der Waals surface area contributed by atoms with Gasteiger partial charge in [-0.15, -0.1) is 0 Å². The van der Waals surface area contributed by atoms with Crippen LogP contribution in [0.5, 0.6) is 0 Å². The van der Waals surface area contributed by atoms with E-state index in [-0.39, 0.29) is 6.92 Å². The number of hydrogen-bond donors (Lipinski definition) is 4. The molecule has 0 aromatic heterocycles. The molecular weight excluding hydrogens is 592 g/mol. The molecule has 0 rings (SSSR count). The van der Waals surface area contributed by atoms with E-state index in [1.807, 2.05) is 0 Å². The van der Waals surface area contributed by atoms with Gasteiger partial charge in [0.2, 0.25) is 0 Å². The first kappa shape index (κ1) is 33.9. The maximum absolute atomic E-state index is 14.8. The van der Waals surface area contributed by atoms with Gasteiger partial charge in [-0.3, -0.25) is 4.55 Å². The number of rotatable bonds is 10. The molecular formula is C11H10F16O6SSi. The number of alkyl halides is 16. The Hall–Kier alpha value is -1.11. The predicted octanol–water partition coefficient (Wildman–Crippen LogP) is 3.19. The smallest absolute Gasteiger partial charge is 0.388 e. The van der Waals surface area contributed by atoms with Crippen LogP contribution in [0.1, 0.15) is 13.3 Å². The largest absolute Gasteiger partial charge is 0.540 e. The topological polar surface area (TPSA) is 115 Å². The van der Waals surface area contributed by atoms with Crippen molar-refractivity contribution in [2.24, 2.45) is 0 Å². The summed E-state index contributed by atoms with van der Waals surface area (Å²) in [7, 11) is -14.9. The molecule has 0 aliphatic carbocycles. The van der Waals surface area contributed by atoms with Gasteiger partial charge in [0, 0.05) is 0 Å². The van der Waals surface area contributed by atoms with Gasteiger partial charge in [0.15, 0.2) is 0 Å². The predicted molar refractivity (Wildman–Crippen MR) is 77.6 cm³/mol. The third-order valence-corrected chi connectivity index (χ3v) is 7.67. The van der Waals surface area contributed by atoms with Crippen molar-refractivity contribution < 1.29 is 97.6 Å². The summed E-state index contributed by atoms with van der Waals surface area (Å²) in [4.78, 5) is 26.4. The summed E-state index contributed by atoms with van der Waals surface area (Å²) in [5, 5.41) is -11.5. The molecule has 4 N–H and O–H groups in total. The highest BCUT2D eigenvalue weighted by Gasteiger charge is 2.97. The quantitative estimate of drug-likeness (QED) is 0.174. The van der Waals surface area contributed by atoms with E-state index in [4.69, 9.17) is 18.9 Å². The molecule has 0 aliphatic heterocycles. The van der Waals surface area contributed by atoms with Crippen LogP contribution in [-0.4, -0.2) is 88.4 Å². The number of hydrogen-bond acceptors (Lipinski definition) is 5. The summed E-state index contributed by atoms with van der Waals surface area (Å²) in [6, 6.07) is 0. The summed E-state index contributed by atoms with van der Waals surface area (Å²) < 4.78 is 244. The average Bonchev–Trinajstić information content (AvgIpc) is 2.57. The molecule has 212 valence electrons. The van der Waals surface area contributed by atoms with Crippen molar-refractivity contribution in [1.29, 1.82) is 0 Å². The second-order valence-corrected chi connectivity index (χ2v) is 10.3. The van der Waals surface area contributed by atoms with Crippen LogP contribution in [0.3, 0.4) is 0 Å². The Balaban J connectivity index is 7.46. The van der Waals surface area contributed by atoms with Gasteiger partial charge in [0.25, 0.3) is 15.4 Å². The van der Waals surface area contributed by atoms with Crippen molar-refractivity contribution in [3.05, 3.63) is 0 Å². The van der Waals surface area contributed by atoms with E-state index in [9.17, 15) is 78.7 Å². The fourth-order valence-corrected chi connectivity index (χ4v) is 5.64. The van der Waals surface area contributed by atoms with Gasteiger partial charge >= 0.3 is 50.5 Å². The third kappa shape index (κ3) is 4.35. The standard InChI is InChI=1S/C11H10F16O6SSi/c1-2-3(34(28,29)30)4(12,35(31,32)33)5(13,14)6(15,16)7(17,18)8(19,20)9(21,22)10(23,24)11(25,26)27/h3,31-33H,2H2,1H3,(H,28,29,30). The van der Waals surface area contributed by atoms with E-state index in [1.54, 1.807) is 0 Å². The molecule has 35 heavy (non-hydrogen) atoms. The van der Waals surface area contributed by atoms with Crippen LogP contribution in [-0.2, 0) is 10.1 Å². The van der Waals surface area contributed by atoms with E-state index >= 15 is 0 Å². The van der Waals surface area contributed by atoms with Crippen LogP contribution in [0, 0.1) is 0 Å². The SMILES string of the molecule is CCC(C(F)(C(F)(F)C(F)(F)C(F)(F)C(F)(F)C(F)(F)C(F)(F)C(F)(F)F)[Si](O)(O)O)S(=O)(=O)O. The summed E-state index contributed by atoms with van der Waals surface area (Å²) in [5.41, 5.74) is 0. The Morgan fingerprint density at radius 1 is 0.600 bits per heavy atom. The van der Waals surface area contributed by atoms with E-state index in [1.165, 1.54) is 0 Å². The van der Waals surface area contributed by atoms with Crippen LogP contribution in [0.15, 0.2) is 0 Å². The van der Waals surface area contributed by atoms with Crippen molar-refractivity contribution in [2.45, 2.75) is 65.6 Å². The molecule has 0 saturated heterocycles. The molecule has 0 aromatic carbocycles. The Morgan fingerprint density at radius 2 is 0.857 bits per heavy atom. The molecule has 2 unspecified atom stereocenters. The van der Waals surface area contributed by atoms with Crippen molar-refractivity contribution >= 4 is 18.9 Å². The van der Waals surface area contributed by atoms with Gasteiger partial charge in [-0.05, 0) is 6.42 Å². The highest BCUT2D eigenvalue weighted by Crippen LogP contribution is 2.64. The third-order valence-electron chi connectivity index (χ3n) is 4.45. The Morgan fingerprint density at radius 3 is 1.06 bits per heavy atom.